The number of likely N-dealkylation sites (N-methyl/N-ethyl adjacent to an activating group) is 2. The highest BCUT2D eigenvalue weighted by atomic mass is 32.2. The molecule has 0 radical (unpaired) electrons. The van der Waals surface area contributed by atoms with Crippen molar-refractivity contribution in [3.63, 3.8) is 0 Å². The number of likely N-dealkylation sites (tertiary alicyclic amines) is 2. The highest BCUT2D eigenvalue weighted by molar-refractivity contribution is 8.00. The highest BCUT2D eigenvalue weighted by Crippen LogP contribution is 2.31. The molecule has 30 heteroatoms. The van der Waals surface area contributed by atoms with Crippen LogP contribution < -0.4 is 26.6 Å². The first-order valence-corrected chi connectivity index (χ1v) is 34.5. The number of halogens is 2. The van der Waals surface area contributed by atoms with Crippen molar-refractivity contribution in [2.75, 3.05) is 72.1 Å². The van der Waals surface area contributed by atoms with Crippen molar-refractivity contribution >= 4 is 94.5 Å². The van der Waals surface area contributed by atoms with E-state index < -0.39 is 138 Å². The SMILES string of the molecule is CC[C@H](C)C([C@@H](CC(=O)N1CCC[C@H]1[C@H](OC)[C@@H](C)C(=O)NCCc1c(F)cccc1F)OC)N(C)C(=O)CNC(=O)C(C(C)C)N(C)C(=O)OCc1ccc(NC(=O)CNC(=O)C(NC(=O)CCCCCN2C(=O)CC(SCCCC(=O)ON3C(=O)CCC3=O)C2=O)C(C)C)cc1. The third-order valence-electron chi connectivity index (χ3n) is 17.9. The summed E-state index contributed by atoms with van der Waals surface area (Å²) in [6, 6.07) is 6.81. The lowest BCUT2D eigenvalue weighted by molar-refractivity contribution is -0.197. The maximum absolute atomic E-state index is 14.2. The monoisotopic (exact) mass is 1400 g/mol. The van der Waals surface area contributed by atoms with Gasteiger partial charge in [0.25, 0.3) is 11.8 Å². The Morgan fingerprint density at radius 3 is 2.02 bits per heavy atom. The van der Waals surface area contributed by atoms with Crippen LogP contribution in [-0.2, 0) is 89.6 Å². The van der Waals surface area contributed by atoms with Crippen molar-refractivity contribution in [3.8, 4) is 0 Å². The van der Waals surface area contributed by atoms with E-state index in [4.69, 9.17) is 19.0 Å². The first-order valence-electron chi connectivity index (χ1n) is 33.5. The largest absolute Gasteiger partial charge is 0.445 e. The smallest absolute Gasteiger partial charge is 0.410 e. The summed E-state index contributed by atoms with van der Waals surface area (Å²) in [5.74, 6) is -8.56. The normalized spacial score (nSPS) is 17.6. The zero-order valence-corrected chi connectivity index (χ0v) is 58.9. The van der Waals surface area contributed by atoms with Gasteiger partial charge in [-0.15, -0.1) is 16.8 Å². The van der Waals surface area contributed by atoms with Crippen molar-refractivity contribution in [2.45, 2.75) is 187 Å². The molecular weight excluding hydrogens is 1300 g/mol. The Hall–Kier alpha value is -8.12. The van der Waals surface area contributed by atoms with E-state index in [1.165, 1.54) is 48.9 Å². The number of amides is 12. The molecule has 0 aliphatic carbocycles. The van der Waals surface area contributed by atoms with Gasteiger partial charge in [-0.3, -0.25) is 62.5 Å². The first-order chi connectivity index (χ1) is 46.5. The second-order valence-corrected chi connectivity index (χ2v) is 26.9. The molecule has 3 fully saturated rings. The van der Waals surface area contributed by atoms with E-state index >= 15 is 0 Å². The van der Waals surface area contributed by atoms with Crippen molar-refractivity contribution in [3.05, 3.63) is 65.2 Å². The minimum absolute atomic E-state index is 0.0137. The standard InChI is InChI=1S/C68H98F2N10O17S/c1-12-42(6)62(50(94-10)35-56(85)78-33-17-21-49(78)63(95-11)43(7)64(89)71-31-30-46-47(69)19-16-20-48(46)70)76(8)58(87)38-73-66(91)61(41(4)5)77(9)68(93)96-39-44-24-26-45(27-25-44)74-53(82)37-72-65(90)60(40(2)3)75-52(81)22-14-13-15-32-79-57(86)36-51(67(79)92)98-34-18-23-59(88)97-80-54(83)28-29-55(80)84/h16,19-20,24-27,40-43,49-51,60-63H,12-15,17-18,21-23,28-39H2,1-11H3,(H,71,89)(H,72,90)(H,73,91)(H,74,82)(H,75,81)/t42-,43+,49-,50+,51?,60?,61?,62?,63+/m0/s1. The van der Waals surface area contributed by atoms with Crippen molar-refractivity contribution in [1.82, 2.24) is 45.9 Å². The van der Waals surface area contributed by atoms with Gasteiger partial charge in [0.05, 0.1) is 55.0 Å². The Kier molecular flexibility index (Phi) is 32.4. The van der Waals surface area contributed by atoms with E-state index in [0.717, 1.165) is 17.0 Å². The number of carbonyl (C=O) groups is 13. The van der Waals surface area contributed by atoms with Crippen LogP contribution in [0.2, 0.25) is 0 Å². The van der Waals surface area contributed by atoms with Crippen molar-refractivity contribution < 1.29 is 90.2 Å². The van der Waals surface area contributed by atoms with E-state index in [2.05, 4.69) is 26.6 Å². The van der Waals surface area contributed by atoms with Gasteiger partial charge in [0.15, 0.2) is 0 Å². The molecule has 0 saturated carbocycles. The Bertz CT molecular complexity index is 3110. The van der Waals surface area contributed by atoms with Crippen molar-refractivity contribution in [1.29, 1.82) is 0 Å². The Morgan fingerprint density at radius 2 is 1.40 bits per heavy atom. The predicted molar refractivity (Wildman–Crippen MR) is 356 cm³/mol. The van der Waals surface area contributed by atoms with Crippen LogP contribution in [0.5, 0.6) is 0 Å². The molecule has 0 spiro atoms. The molecule has 2 aromatic carbocycles. The fourth-order valence-electron chi connectivity index (χ4n) is 12.2. The van der Waals surface area contributed by atoms with E-state index in [-0.39, 0.29) is 99.8 Å². The number of hydroxylamine groups is 2. The van der Waals surface area contributed by atoms with Gasteiger partial charge in [0.1, 0.15) is 30.3 Å². The summed E-state index contributed by atoms with van der Waals surface area (Å²) in [7, 11) is 5.90. The summed E-state index contributed by atoms with van der Waals surface area (Å²) in [6.45, 7) is 12.0. The molecule has 3 aliphatic heterocycles. The molecular formula is C68H98F2N10O17S. The van der Waals surface area contributed by atoms with Gasteiger partial charge in [0.2, 0.25) is 53.2 Å². The van der Waals surface area contributed by atoms with Crippen LogP contribution in [-0.4, -0.2) is 210 Å². The molecule has 3 aliphatic rings. The zero-order valence-electron chi connectivity index (χ0n) is 58.1. The second kappa shape index (κ2) is 39.5. The van der Waals surface area contributed by atoms with Crippen LogP contribution in [0, 0.1) is 35.3 Å². The van der Waals surface area contributed by atoms with Gasteiger partial charge in [-0.05, 0) is 91.9 Å². The lowest BCUT2D eigenvalue weighted by Crippen LogP contribution is -2.55. The van der Waals surface area contributed by atoms with Crippen LogP contribution >= 0.6 is 11.8 Å². The molecule has 3 heterocycles. The number of carbonyl (C=O) groups excluding carboxylic acids is 13. The van der Waals surface area contributed by atoms with Crippen LogP contribution in [0.25, 0.3) is 0 Å². The van der Waals surface area contributed by atoms with E-state index in [0.29, 0.717) is 73.6 Å². The summed E-state index contributed by atoms with van der Waals surface area (Å²) in [5, 5.41) is 13.3. The molecule has 27 nitrogen and oxygen atoms in total. The summed E-state index contributed by atoms with van der Waals surface area (Å²) in [5.41, 5.74) is 0.774. The van der Waals surface area contributed by atoms with Gasteiger partial charge in [0, 0.05) is 91.3 Å². The van der Waals surface area contributed by atoms with E-state index in [1.54, 1.807) is 70.8 Å². The number of ether oxygens (including phenoxy) is 3. The summed E-state index contributed by atoms with van der Waals surface area (Å²) >= 11 is 1.24. The van der Waals surface area contributed by atoms with Crippen LogP contribution in [0.3, 0.4) is 0 Å². The number of imide groups is 2. The van der Waals surface area contributed by atoms with E-state index in [9.17, 15) is 71.1 Å². The number of hydrogen-bond donors (Lipinski definition) is 5. The number of methoxy groups -OCH3 is 2. The van der Waals surface area contributed by atoms with Crippen molar-refractivity contribution in [2.24, 2.45) is 23.7 Å². The maximum Gasteiger partial charge on any atom is 0.410 e. The molecule has 5 rings (SSSR count). The lowest BCUT2D eigenvalue weighted by Gasteiger charge is -2.39. The van der Waals surface area contributed by atoms with Gasteiger partial charge in [-0.2, -0.15) is 0 Å². The fraction of sp³-hybridized carbons (Fsp3) is 0.632. The van der Waals surface area contributed by atoms with E-state index in [1.807, 2.05) is 13.8 Å². The molecule has 0 bridgehead atoms. The molecule has 0 aromatic heterocycles. The molecule has 12 amide bonds. The third kappa shape index (κ3) is 23.3. The third-order valence-corrected chi connectivity index (χ3v) is 19.2. The van der Waals surface area contributed by atoms with Crippen LogP contribution in [0.15, 0.2) is 42.5 Å². The van der Waals surface area contributed by atoms with Crippen LogP contribution in [0.1, 0.15) is 143 Å². The van der Waals surface area contributed by atoms with Gasteiger partial charge in [-0.1, -0.05) is 79.5 Å². The molecule has 9 atom stereocenters. The molecule has 3 saturated heterocycles. The van der Waals surface area contributed by atoms with Gasteiger partial charge >= 0.3 is 12.1 Å². The minimum Gasteiger partial charge on any atom is -0.445 e. The average molecular weight is 1400 g/mol. The summed E-state index contributed by atoms with van der Waals surface area (Å²) < 4.78 is 45.8. The number of unbranched alkanes of at least 4 members (excludes halogenated alkanes) is 2. The average Bonchev–Trinajstić information content (AvgIpc) is 1.49. The molecule has 542 valence electrons. The number of rotatable bonds is 39. The number of thioether (sulfide) groups is 1. The Balaban J connectivity index is 1.00. The summed E-state index contributed by atoms with van der Waals surface area (Å²) in [4.78, 5) is 179. The number of nitrogens with one attached hydrogen (secondary N) is 5. The minimum atomic E-state index is -1.06. The fourth-order valence-corrected chi connectivity index (χ4v) is 13.3. The van der Waals surface area contributed by atoms with Gasteiger partial charge < -0.3 is 55.4 Å². The first kappa shape index (κ1) is 80.6. The number of benzene rings is 2. The van der Waals surface area contributed by atoms with Crippen LogP contribution in [0.4, 0.5) is 19.3 Å². The quantitative estimate of drug-likeness (QED) is 0.0436. The highest BCUT2D eigenvalue weighted by Gasteiger charge is 2.43. The maximum atomic E-state index is 14.2. The summed E-state index contributed by atoms with van der Waals surface area (Å²) in [6.07, 6.45) is 0.965. The predicted octanol–water partition coefficient (Wildman–Crippen LogP) is 4.96. The second-order valence-electron chi connectivity index (χ2n) is 25.6. The lowest BCUT2D eigenvalue weighted by atomic mass is 9.90. The molecule has 98 heavy (non-hydrogen) atoms. The number of hydrogen-bond acceptors (Lipinski definition) is 18. The number of anilines is 1. The zero-order chi connectivity index (χ0) is 72.5. The molecule has 5 N–H and O–H groups in total. The molecule has 2 aromatic rings. The Morgan fingerprint density at radius 1 is 0.735 bits per heavy atom. The number of nitrogens with zero attached hydrogens (tertiary/aromatic N) is 5. The molecule has 4 unspecified atom stereocenters. The Labute approximate surface area is 575 Å². The topological polar surface area (TPSA) is 335 Å². The van der Waals surface area contributed by atoms with Gasteiger partial charge in [-0.25, -0.2) is 18.4 Å².